The number of hydrogen-bond acceptors (Lipinski definition) is 2. The van der Waals surface area contributed by atoms with Crippen LogP contribution >= 0.6 is 0 Å². The van der Waals surface area contributed by atoms with E-state index in [1.165, 1.54) is 16.7 Å². The van der Waals surface area contributed by atoms with Crippen LogP contribution in [0.15, 0.2) is 58.6 Å². The number of rotatable bonds is 2. The molecule has 0 saturated heterocycles. The van der Waals surface area contributed by atoms with Crippen molar-refractivity contribution in [1.82, 2.24) is 0 Å². The van der Waals surface area contributed by atoms with Gasteiger partial charge in [0.1, 0.15) is 0 Å². The molecule has 0 spiro atoms. The van der Waals surface area contributed by atoms with E-state index in [1.54, 1.807) is 0 Å². The van der Waals surface area contributed by atoms with E-state index in [2.05, 4.69) is 62.4 Å². The first kappa shape index (κ1) is 14.5. The molecule has 1 heterocycles. The maximum absolute atomic E-state index is 9.16. The van der Waals surface area contributed by atoms with Crippen molar-refractivity contribution in [2.45, 2.75) is 33.1 Å². The smallest absolute Gasteiger partial charge is 0.0708 e. The maximum Gasteiger partial charge on any atom is 0.0708 e. The van der Waals surface area contributed by atoms with Crippen molar-refractivity contribution < 1.29 is 0 Å². The second kappa shape index (κ2) is 6.15. The molecule has 3 rings (SSSR count). The van der Waals surface area contributed by atoms with Crippen LogP contribution in [0.5, 0.6) is 0 Å². The van der Waals surface area contributed by atoms with Gasteiger partial charge in [0.15, 0.2) is 0 Å². The van der Waals surface area contributed by atoms with Crippen LogP contribution in [0.25, 0.3) is 5.70 Å². The van der Waals surface area contributed by atoms with E-state index in [0.29, 0.717) is 12.3 Å². The highest BCUT2D eigenvalue weighted by Crippen LogP contribution is 2.35. The Morgan fingerprint density at radius 3 is 2.68 bits per heavy atom. The largest absolute Gasteiger partial charge is 0.253 e. The molecule has 1 aromatic rings. The minimum atomic E-state index is 0.409. The molecule has 0 aromatic heterocycles. The van der Waals surface area contributed by atoms with Crippen LogP contribution in [0.3, 0.4) is 0 Å². The summed E-state index contributed by atoms with van der Waals surface area (Å²) in [6.45, 7) is 4.21. The predicted molar refractivity (Wildman–Crippen MR) is 91.4 cm³/mol. The molecule has 22 heavy (non-hydrogen) atoms. The molecule has 0 bridgehead atoms. The van der Waals surface area contributed by atoms with Gasteiger partial charge in [-0.25, -0.2) is 0 Å². The summed E-state index contributed by atoms with van der Waals surface area (Å²) < 4.78 is 0. The Labute approximate surface area is 132 Å². The first-order valence-corrected chi connectivity index (χ1v) is 7.77. The third kappa shape index (κ3) is 2.94. The van der Waals surface area contributed by atoms with E-state index in [0.717, 1.165) is 29.8 Å². The fourth-order valence-electron chi connectivity index (χ4n) is 3.02. The van der Waals surface area contributed by atoms with Gasteiger partial charge in [0, 0.05) is 17.2 Å². The first-order chi connectivity index (χ1) is 10.7. The third-order valence-corrected chi connectivity index (χ3v) is 4.35. The molecule has 1 aliphatic carbocycles. The lowest BCUT2D eigenvalue weighted by atomic mass is 9.86. The molecular weight excluding hydrogens is 268 g/mol. The van der Waals surface area contributed by atoms with Gasteiger partial charge in [-0.3, -0.25) is 4.99 Å². The summed E-state index contributed by atoms with van der Waals surface area (Å²) >= 11 is 0. The van der Waals surface area contributed by atoms with Gasteiger partial charge in [-0.15, -0.1) is 0 Å². The Morgan fingerprint density at radius 1 is 1.18 bits per heavy atom. The molecule has 0 fully saturated rings. The van der Waals surface area contributed by atoms with Gasteiger partial charge >= 0.3 is 0 Å². The summed E-state index contributed by atoms with van der Waals surface area (Å²) in [5.41, 5.74) is 6.95. The Morgan fingerprint density at radius 2 is 1.95 bits per heavy atom. The van der Waals surface area contributed by atoms with Gasteiger partial charge in [-0.1, -0.05) is 47.6 Å². The molecule has 2 heteroatoms. The Kier molecular flexibility index (Phi) is 4.06. The average Bonchev–Trinajstić information content (AvgIpc) is 2.70. The number of fused-ring (bicyclic) bond motifs is 1. The van der Waals surface area contributed by atoms with E-state index in [4.69, 9.17) is 10.3 Å². The zero-order chi connectivity index (χ0) is 15.5. The zero-order valence-electron chi connectivity index (χ0n) is 13.1. The molecule has 2 nitrogen and oxygen atoms in total. The van der Waals surface area contributed by atoms with Crippen molar-refractivity contribution in [3.8, 4) is 6.07 Å². The van der Waals surface area contributed by atoms with Gasteiger partial charge in [0.25, 0.3) is 0 Å². The molecule has 0 N–H and O–H groups in total. The summed E-state index contributed by atoms with van der Waals surface area (Å²) in [5.74, 6) is 0.409. The van der Waals surface area contributed by atoms with Crippen LogP contribution in [0.2, 0.25) is 0 Å². The summed E-state index contributed by atoms with van der Waals surface area (Å²) in [4.78, 5) is 4.92. The fourth-order valence-corrected chi connectivity index (χ4v) is 3.02. The highest BCUT2D eigenvalue weighted by atomic mass is 14.8. The van der Waals surface area contributed by atoms with Crippen LogP contribution in [-0.2, 0) is 0 Å². The first-order valence-electron chi connectivity index (χ1n) is 7.77. The zero-order valence-corrected chi connectivity index (χ0v) is 13.1. The lowest BCUT2D eigenvalue weighted by molar-refractivity contribution is 0.680. The lowest BCUT2D eigenvalue weighted by Gasteiger charge is -2.24. The van der Waals surface area contributed by atoms with Gasteiger partial charge in [0.05, 0.1) is 18.2 Å². The molecule has 0 saturated carbocycles. The molecule has 0 amide bonds. The van der Waals surface area contributed by atoms with E-state index in [-0.39, 0.29) is 0 Å². The minimum Gasteiger partial charge on any atom is -0.253 e. The highest BCUT2D eigenvalue weighted by Gasteiger charge is 2.24. The molecular formula is C20H20N2. The van der Waals surface area contributed by atoms with Crippen molar-refractivity contribution in [1.29, 1.82) is 5.26 Å². The number of aryl methyl sites for hydroxylation is 1. The van der Waals surface area contributed by atoms with Crippen LogP contribution in [0.4, 0.5) is 0 Å². The van der Waals surface area contributed by atoms with Gasteiger partial charge < -0.3 is 0 Å². The second-order valence-corrected chi connectivity index (χ2v) is 6.11. The Balaban J connectivity index is 2.04. The number of benzene rings is 1. The molecule has 1 unspecified atom stereocenters. The van der Waals surface area contributed by atoms with Crippen LogP contribution in [-0.4, -0.2) is 5.71 Å². The molecule has 1 aliphatic heterocycles. The van der Waals surface area contributed by atoms with E-state index in [9.17, 15) is 0 Å². The van der Waals surface area contributed by atoms with Crippen molar-refractivity contribution in [3.05, 3.63) is 64.8 Å². The summed E-state index contributed by atoms with van der Waals surface area (Å²) in [6, 6.07) is 10.7. The quantitative estimate of drug-likeness (QED) is 0.755. The second-order valence-electron chi connectivity index (χ2n) is 6.11. The summed E-state index contributed by atoms with van der Waals surface area (Å²) in [5, 5.41) is 9.16. The van der Waals surface area contributed by atoms with Gasteiger partial charge in [-0.05, 0) is 38.3 Å². The Bertz CT molecular complexity index is 737. The van der Waals surface area contributed by atoms with E-state index >= 15 is 0 Å². The molecule has 0 radical (unpaired) electrons. The summed E-state index contributed by atoms with van der Waals surface area (Å²) in [7, 11) is 0. The van der Waals surface area contributed by atoms with E-state index in [1.807, 2.05) is 0 Å². The average molecular weight is 288 g/mol. The molecule has 1 aromatic carbocycles. The number of nitrogens with zero attached hydrogens (tertiary/aromatic N) is 2. The standard InChI is InChI=1S/C20H20N2/c1-14-3-7-16(8-4-14)20-18(11-12-21)13-17-9-5-15(2)6-10-19(17)22-20/h3-8,10,17H,9,11,13H2,1-2H3. The number of aliphatic imine (C=N–C) groups is 1. The van der Waals surface area contributed by atoms with Crippen LogP contribution in [0, 0.1) is 24.2 Å². The monoisotopic (exact) mass is 288 g/mol. The predicted octanol–water partition coefficient (Wildman–Crippen LogP) is 4.99. The fraction of sp³-hybridized carbons (Fsp3) is 0.300. The van der Waals surface area contributed by atoms with Crippen LogP contribution < -0.4 is 0 Å². The maximum atomic E-state index is 9.16. The lowest BCUT2D eigenvalue weighted by Crippen LogP contribution is -2.17. The van der Waals surface area contributed by atoms with Gasteiger partial charge in [-0.2, -0.15) is 5.26 Å². The molecule has 110 valence electrons. The number of nitriles is 1. The minimum absolute atomic E-state index is 0.409. The highest BCUT2D eigenvalue weighted by molar-refractivity contribution is 6.02. The van der Waals surface area contributed by atoms with Crippen molar-refractivity contribution in [2.24, 2.45) is 10.9 Å². The van der Waals surface area contributed by atoms with Crippen molar-refractivity contribution in [2.75, 3.05) is 0 Å². The topological polar surface area (TPSA) is 36.1 Å². The van der Waals surface area contributed by atoms with Gasteiger partial charge in [0.2, 0.25) is 0 Å². The number of hydrogen-bond donors (Lipinski definition) is 0. The van der Waals surface area contributed by atoms with Crippen LogP contribution in [0.1, 0.15) is 37.3 Å². The SMILES string of the molecule is CC1=CCC2CC(CC#N)=C(c3ccc(C)cc3)N=C2C=C1. The molecule has 1 atom stereocenters. The van der Waals surface area contributed by atoms with Crippen molar-refractivity contribution >= 4 is 11.4 Å². The van der Waals surface area contributed by atoms with E-state index < -0.39 is 0 Å². The summed E-state index contributed by atoms with van der Waals surface area (Å²) in [6.07, 6.45) is 8.95. The normalized spacial score (nSPS) is 20.7. The third-order valence-electron chi connectivity index (χ3n) is 4.35. The van der Waals surface area contributed by atoms with Crippen molar-refractivity contribution in [3.63, 3.8) is 0 Å². The number of allylic oxidation sites excluding steroid dienone is 5. The molecule has 2 aliphatic rings. The Hall–Kier alpha value is -2.40.